The second-order valence-electron chi connectivity index (χ2n) is 9.19. The van der Waals surface area contributed by atoms with E-state index in [1.54, 1.807) is 13.8 Å². The molecule has 17 heteroatoms. The molecule has 2 saturated heterocycles. The topological polar surface area (TPSA) is 249 Å². The average Bonchev–Trinajstić information content (AvgIpc) is 3.46. The molecule has 2 aromatic heterocycles. The molecule has 2 aliphatic rings. The van der Waals surface area contributed by atoms with Crippen LogP contribution in [-0.2, 0) is 9.47 Å². The van der Waals surface area contributed by atoms with Crippen LogP contribution in [0.4, 0.5) is 0 Å². The number of aryl methyl sites for hydroxylation is 2. The van der Waals surface area contributed by atoms with Crippen molar-refractivity contribution in [2.75, 3.05) is 13.2 Å². The van der Waals surface area contributed by atoms with Gasteiger partial charge in [0.2, 0.25) is 0 Å². The maximum Gasteiger partial charge on any atom is 0.341 e. The van der Waals surface area contributed by atoms with Gasteiger partial charge in [-0.05, 0) is 19.4 Å². The number of hydrogen-bond acceptors (Lipinski definition) is 8. The van der Waals surface area contributed by atoms with Crippen molar-refractivity contribution in [2.45, 2.75) is 63.4 Å². The van der Waals surface area contributed by atoms with Crippen LogP contribution in [0.1, 0.15) is 36.4 Å². The molecule has 4 heterocycles. The highest BCUT2D eigenvalue weighted by atomic mass is 16.5. The SMILES string of the molecule is Cc1cn([C@H]2C[C@H](N=[N+]=[N-])[C@@H](C[NH+]=C(N)N[C@H]3C[C@H](n4cc(C)c(=O)[nH]c4=O)O[C@@H]3CO)O2)c(=O)[nH]c1=O. The Hall–Kier alpha value is -4.18. The van der Waals surface area contributed by atoms with Gasteiger partial charge in [0.05, 0.1) is 25.3 Å². The summed E-state index contributed by atoms with van der Waals surface area (Å²) in [5, 5.41) is 16.6. The zero-order valence-corrected chi connectivity index (χ0v) is 20.7. The van der Waals surface area contributed by atoms with Crippen molar-refractivity contribution in [3.8, 4) is 0 Å². The molecular formula is C21H29N10O7+. The predicted molar refractivity (Wildman–Crippen MR) is 131 cm³/mol. The lowest BCUT2D eigenvalue weighted by Crippen LogP contribution is -2.82. The van der Waals surface area contributed by atoms with Crippen LogP contribution in [0.15, 0.2) is 36.7 Å². The van der Waals surface area contributed by atoms with E-state index < -0.39 is 59.2 Å². The molecule has 0 unspecified atom stereocenters. The Bertz CT molecular complexity index is 1500. The van der Waals surface area contributed by atoms with Gasteiger partial charge in [-0.25, -0.2) is 9.59 Å². The number of azide groups is 1. The highest BCUT2D eigenvalue weighted by Gasteiger charge is 2.40. The molecule has 2 fully saturated rings. The summed E-state index contributed by atoms with van der Waals surface area (Å²) in [6, 6.07) is -1.10. The first-order chi connectivity index (χ1) is 18.1. The van der Waals surface area contributed by atoms with Gasteiger partial charge in [0, 0.05) is 41.3 Å². The van der Waals surface area contributed by atoms with E-state index in [0.29, 0.717) is 11.1 Å². The zero-order valence-electron chi connectivity index (χ0n) is 20.7. The largest absolute Gasteiger partial charge is 0.394 e. The lowest BCUT2D eigenvalue weighted by atomic mass is 10.1. The minimum Gasteiger partial charge on any atom is -0.394 e. The van der Waals surface area contributed by atoms with Crippen LogP contribution < -0.4 is 38.5 Å². The fourth-order valence-corrected chi connectivity index (χ4v) is 4.54. The summed E-state index contributed by atoms with van der Waals surface area (Å²) in [6.45, 7) is 2.88. The lowest BCUT2D eigenvalue weighted by Gasteiger charge is -2.16. The molecule has 38 heavy (non-hydrogen) atoms. The molecule has 0 saturated carbocycles. The molecule has 0 bridgehead atoms. The van der Waals surface area contributed by atoms with E-state index in [9.17, 15) is 24.3 Å². The van der Waals surface area contributed by atoms with E-state index in [2.05, 4.69) is 30.3 Å². The number of aromatic nitrogens is 4. The maximum absolute atomic E-state index is 12.3. The number of rotatable bonds is 7. The number of nitrogens with two attached hydrogens (primary N) is 1. The summed E-state index contributed by atoms with van der Waals surface area (Å²) in [7, 11) is 0. The smallest absolute Gasteiger partial charge is 0.341 e. The molecule has 0 spiro atoms. The maximum atomic E-state index is 12.3. The predicted octanol–water partition coefficient (Wildman–Crippen LogP) is -3.70. The van der Waals surface area contributed by atoms with Crippen LogP contribution in [-0.4, -0.2) is 67.6 Å². The van der Waals surface area contributed by atoms with E-state index in [4.69, 9.17) is 20.7 Å². The number of hydrogen-bond donors (Lipinski definition) is 6. The Morgan fingerprint density at radius 2 is 1.66 bits per heavy atom. The number of aliphatic hydroxyl groups is 1. The number of aliphatic hydroxyl groups excluding tert-OH is 1. The molecule has 4 rings (SSSR count). The fraction of sp³-hybridized carbons (Fsp3) is 0.571. The van der Waals surface area contributed by atoms with Crippen LogP contribution in [0.3, 0.4) is 0 Å². The summed E-state index contributed by atoms with van der Waals surface area (Å²) in [6.07, 6.45) is 0.385. The van der Waals surface area contributed by atoms with Crippen LogP contribution in [0, 0.1) is 13.8 Å². The Morgan fingerprint density at radius 3 is 2.21 bits per heavy atom. The van der Waals surface area contributed by atoms with Crippen molar-refractivity contribution in [3.05, 3.63) is 75.6 Å². The van der Waals surface area contributed by atoms with Crippen LogP contribution in [0.25, 0.3) is 10.4 Å². The first kappa shape index (κ1) is 26.9. The number of guanidine groups is 1. The minimum absolute atomic E-state index is 0.107. The summed E-state index contributed by atoms with van der Waals surface area (Å²) < 4.78 is 14.2. The summed E-state index contributed by atoms with van der Waals surface area (Å²) in [4.78, 5) is 58.1. The third kappa shape index (κ3) is 5.55. The molecule has 2 aliphatic heterocycles. The zero-order chi connectivity index (χ0) is 27.6. The van der Waals surface area contributed by atoms with Crippen molar-refractivity contribution in [1.82, 2.24) is 24.4 Å². The normalized spacial score (nSPS) is 27.3. The van der Waals surface area contributed by atoms with Gasteiger partial charge >= 0.3 is 17.3 Å². The molecule has 204 valence electrons. The Labute approximate surface area is 213 Å². The highest BCUT2D eigenvalue weighted by Crippen LogP contribution is 2.29. The first-order valence-corrected chi connectivity index (χ1v) is 11.8. The number of H-pyrrole nitrogens is 2. The van der Waals surface area contributed by atoms with Gasteiger partial charge in [0.1, 0.15) is 24.6 Å². The minimum atomic E-state index is -0.767. The van der Waals surface area contributed by atoms with Gasteiger partial charge in [-0.3, -0.25) is 44.7 Å². The summed E-state index contributed by atoms with van der Waals surface area (Å²) in [5.74, 6) is 0.117. The molecule has 0 aliphatic carbocycles. The van der Waals surface area contributed by atoms with Crippen molar-refractivity contribution in [3.63, 3.8) is 0 Å². The van der Waals surface area contributed by atoms with Gasteiger partial charge in [0.15, 0.2) is 0 Å². The lowest BCUT2D eigenvalue weighted by molar-refractivity contribution is -0.473. The quantitative estimate of drug-likeness (QED) is 0.0672. The molecular weight excluding hydrogens is 504 g/mol. The molecule has 0 aromatic carbocycles. The van der Waals surface area contributed by atoms with Gasteiger partial charge in [-0.1, -0.05) is 5.11 Å². The molecule has 0 amide bonds. The standard InChI is InChI=1S/C21H28N10O7/c1-9-6-30(20(35)26-17(9)33)15-3-11(14(8-32)38-15)25-19(22)24-5-13-12(28-29-23)4-16(37-13)31-7-10(2)18(34)27-21(31)36/h6-7,11-16,32H,3-5,8H2,1-2H3,(H3,22,24,25)(H,26,33,35)(H,27,34,36)/p+1/t11-,12-,13+,14+,15+,16+/m0/s1. The van der Waals surface area contributed by atoms with Crippen molar-refractivity contribution >= 4 is 5.96 Å². The molecule has 7 N–H and O–H groups in total. The van der Waals surface area contributed by atoms with E-state index in [1.807, 2.05) is 0 Å². The monoisotopic (exact) mass is 533 g/mol. The third-order valence-corrected chi connectivity index (χ3v) is 6.57. The Kier molecular flexibility index (Phi) is 7.82. The molecule has 0 radical (unpaired) electrons. The molecule has 17 nitrogen and oxygen atoms in total. The van der Waals surface area contributed by atoms with Crippen molar-refractivity contribution < 1.29 is 19.6 Å². The van der Waals surface area contributed by atoms with E-state index >= 15 is 0 Å². The Morgan fingerprint density at radius 1 is 1.11 bits per heavy atom. The number of nitrogens with zero attached hydrogens (tertiary/aromatic N) is 5. The molecule has 6 atom stereocenters. The van der Waals surface area contributed by atoms with Gasteiger partial charge in [0.25, 0.3) is 11.1 Å². The number of ether oxygens (including phenoxy) is 2. The number of aromatic amines is 2. The summed E-state index contributed by atoms with van der Waals surface area (Å²) >= 11 is 0. The first-order valence-electron chi connectivity index (χ1n) is 11.8. The van der Waals surface area contributed by atoms with Crippen LogP contribution >= 0.6 is 0 Å². The number of nitrogens with one attached hydrogen (secondary N) is 4. The van der Waals surface area contributed by atoms with Crippen LogP contribution in [0.2, 0.25) is 0 Å². The summed E-state index contributed by atoms with van der Waals surface area (Å²) in [5.41, 5.74) is 13.5. The van der Waals surface area contributed by atoms with E-state index in [1.165, 1.54) is 21.5 Å². The second kappa shape index (κ2) is 11.1. The second-order valence-corrected chi connectivity index (χ2v) is 9.19. The van der Waals surface area contributed by atoms with Gasteiger partial charge < -0.3 is 14.6 Å². The molecule has 2 aromatic rings. The van der Waals surface area contributed by atoms with Crippen molar-refractivity contribution in [1.29, 1.82) is 0 Å². The van der Waals surface area contributed by atoms with E-state index in [0.717, 1.165) is 0 Å². The average molecular weight is 534 g/mol. The highest BCUT2D eigenvalue weighted by molar-refractivity contribution is 5.72. The van der Waals surface area contributed by atoms with Gasteiger partial charge in [-0.15, -0.1) is 0 Å². The van der Waals surface area contributed by atoms with Crippen LogP contribution in [0.5, 0.6) is 0 Å². The van der Waals surface area contributed by atoms with E-state index in [-0.39, 0.29) is 32.0 Å². The van der Waals surface area contributed by atoms with Crippen molar-refractivity contribution in [2.24, 2.45) is 10.8 Å². The Balaban J connectivity index is 1.45. The van der Waals surface area contributed by atoms with Gasteiger partial charge in [-0.2, -0.15) is 0 Å². The fourth-order valence-electron chi connectivity index (χ4n) is 4.54. The third-order valence-electron chi connectivity index (χ3n) is 6.57.